The maximum absolute atomic E-state index is 6.05. The zero-order valence-electron chi connectivity index (χ0n) is 15.7. The lowest BCUT2D eigenvalue weighted by molar-refractivity contribution is -1.09. The summed E-state index contributed by atoms with van der Waals surface area (Å²) >= 11 is 6.05. The summed E-state index contributed by atoms with van der Waals surface area (Å²) in [6.45, 7) is 3.54. The Kier molecular flexibility index (Phi) is 12.2. The van der Waals surface area contributed by atoms with E-state index in [0.717, 1.165) is 37.7 Å². The second kappa shape index (κ2) is 12.6. The number of hydrogen-bond acceptors (Lipinski definition) is 2. The van der Waals surface area contributed by atoms with E-state index in [1.807, 2.05) is 18.2 Å². The van der Waals surface area contributed by atoms with Gasteiger partial charge in [0.1, 0.15) is 13.2 Å². The number of benzene rings is 2. The van der Waals surface area contributed by atoms with Crippen LogP contribution >= 0.6 is 36.4 Å². The van der Waals surface area contributed by atoms with Gasteiger partial charge in [-0.15, -0.1) is 24.8 Å². The van der Waals surface area contributed by atoms with Gasteiger partial charge < -0.3 is 4.90 Å². The van der Waals surface area contributed by atoms with Gasteiger partial charge in [-0.25, -0.2) is 4.84 Å². The largest absolute Gasteiger partial charge is 0.302 e. The zero-order chi connectivity index (χ0) is 17.4. The number of hydroxylamine groups is 3. The lowest BCUT2D eigenvalue weighted by Gasteiger charge is -2.27. The summed E-state index contributed by atoms with van der Waals surface area (Å²) < 4.78 is 0.503. The van der Waals surface area contributed by atoms with E-state index in [1.165, 1.54) is 11.1 Å². The van der Waals surface area contributed by atoms with E-state index in [9.17, 15) is 0 Å². The molecule has 0 unspecified atom stereocenters. The monoisotopic (exact) mass is 419 g/mol. The van der Waals surface area contributed by atoms with Crippen LogP contribution < -0.4 is 0 Å². The Morgan fingerprint density at radius 1 is 0.962 bits per heavy atom. The highest BCUT2D eigenvalue weighted by molar-refractivity contribution is 6.30. The minimum atomic E-state index is 0. The van der Waals surface area contributed by atoms with Crippen LogP contribution in [-0.4, -0.2) is 43.8 Å². The number of nitrogens with zero attached hydrogens (tertiary/aromatic N) is 2. The van der Waals surface area contributed by atoms with Gasteiger partial charge in [-0.3, -0.25) is 0 Å². The van der Waals surface area contributed by atoms with Crippen LogP contribution in [0.25, 0.3) is 0 Å². The van der Waals surface area contributed by atoms with Crippen LogP contribution in [-0.2, 0) is 17.9 Å². The summed E-state index contributed by atoms with van der Waals surface area (Å²) in [4.78, 5) is 8.37. The highest BCUT2D eigenvalue weighted by Gasteiger charge is 2.18. The number of rotatable bonds is 9. The second-order valence-corrected chi connectivity index (χ2v) is 7.21. The Morgan fingerprint density at radius 2 is 1.62 bits per heavy atom. The molecule has 0 heterocycles. The predicted octanol–water partition coefficient (Wildman–Crippen LogP) is 5.21. The first kappa shape index (κ1) is 25.2. The normalized spacial score (nSPS) is 11.0. The van der Waals surface area contributed by atoms with Crippen molar-refractivity contribution in [3.63, 3.8) is 0 Å². The first-order chi connectivity index (χ1) is 11.4. The van der Waals surface area contributed by atoms with Crippen LogP contribution in [0.4, 0.5) is 0 Å². The van der Waals surface area contributed by atoms with Gasteiger partial charge in [-0.1, -0.05) is 54.1 Å². The zero-order valence-corrected chi connectivity index (χ0v) is 18.1. The Hall–Kier alpha value is -0.810. The van der Waals surface area contributed by atoms with E-state index in [-0.39, 0.29) is 24.8 Å². The molecular weight excluding hydrogens is 391 g/mol. The van der Waals surface area contributed by atoms with Crippen molar-refractivity contribution < 1.29 is 9.48 Å². The molecule has 0 saturated heterocycles. The molecule has 146 valence electrons. The highest BCUT2D eigenvalue weighted by atomic mass is 35.5. The number of quaternary nitrogens is 1. The van der Waals surface area contributed by atoms with Gasteiger partial charge in [0.05, 0.1) is 14.1 Å². The summed E-state index contributed by atoms with van der Waals surface area (Å²) in [5.74, 6) is 0. The molecule has 0 spiro atoms. The molecule has 2 rings (SSSR count). The van der Waals surface area contributed by atoms with E-state index in [0.29, 0.717) is 4.65 Å². The fourth-order valence-corrected chi connectivity index (χ4v) is 2.95. The van der Waals surface area contributed by atoms with Crippen molar-refractivity contribution in [2.45, 2.75) is 19.5 Å². The summed E-state index contributed by atoms with van der Waals surface area (Å²) in [5.41, 5.74) is 2.53. The molecule has 0 aromatic heterocycles. The second-order valence-electron chi connectivity index (χ2n) is 6.77. The van der Waals surface area contributed by atoms with Gasteiger partial charge >= 0.3 is 0 Å². The van der Waals surface area contributed by atoms with Gasteiger partial charge in [0, 0.05) is 23.7 Å². The Bertz CT molecular complexity index is 623. The third-order valence-corrected chi connectivity index (χ3v) is 4.11. The molecule has 0 atom stereocenters. The van der Waals surface area contributed by atoms with Crippen molar-refractivity contribution in [1.82, 2.24) is 4.90 Å². The maximum atomic E-state index is 6.05. The van der Waals surface area contributed by atoms with Crippen molar-refractivity contribution >= 4 is 36.4 Å². The van der Waals surface area contributed by atoms with Gasteiger partial charge in [0.2, 0.25) is 0 Å². The smallest absolute Gasteiger partial charge is 0.134 e. The van der Waals surface area contributed by atoms with Crippen LogP contribution in [0.15, 0.2) is 54.6 Å². The molecule has 0 radical (unpaired) electrons. The molecular formula is C20H30Cl3N2O+. The fraction of sp³-hybridized carbons (Fsp3) is 0.400. The van der Waals surface area contributed by atoms with Crippen LogP contribution in [0.2, 0.25) is 5.02 Å². The molecule has 26 heavy (non-hydrogen) atoms. The minimum absolute atomic E-state index is 0. The predicted molar refractivity (Wildman–Crippen MR) is 115 cm³/mol. The van der Waals surface area contributed by atoms with Gasteiger partial charge in [-0.2, -0.15) is 4.65 Å². The van der Waals surface area contributed by atoms with E-state index in [2.05, 4.69) is 62.4 Å². The fourth-order valence-electron chi connectivity index (χ4n) is 2.74. The Morgan fingerprint density at radius 3 is 2.27 bits per heavy atom. The van der Waals surface area contributed by atoms with Crippen molar-refractivity contribution in [3.05, 3.63) is 70.7 Å². The van der Waals surface area contributed by atoms with Crippen molar-refractivity contribution in [3.8, 4) is 0 Å². The number of hydrogen-bond donors (Lipinski definition) is 0. The molecule has 0 N–H and O–H groups in total. The lowest BCUT2D eigenvalue weighted by atomic mass is 10.2. The highest BCUT2D eigenvalue weighted by Crippen LogP contribution is 2.15. The third-order valence-electron chi connectivity index (χ3n) is 3.87. The average molecular weight is 421 g/mol. The van der Waals surface area contributed by atoms with Crippen LogP contribution in [0.3, 0.4) is 0 Å². The maximum Gasteiger partial charge on any atom is 0.134 e. The van der Waals surface area contributed by atoms with Crippen molar-refractivity contribution in [2.24, 2.45) is 0 Å². The SMILES string of the molecule is CN(CCCO[N+](C)(C)Cc1cccc(Cl)c1)Cc1ccccc1.Cl.Cl. The van der Waals surface area contributed by atoms with Crippen molar-refractivity contribution in [2.75, 3.05) is 34.3 Å². The van der Waals surface area contributed by atoms with E-state index >= 15 is 0 Å². The summed E-state index contributed by atoms with van der Waals surface area (Å²) in [7, 11) is 6.31. The standard InChI is InChI=1S/C20H28ClN2O.2ClH/c1-22(16-18-9-5-4-6-10-18)13-8-14-24-23(2,3)17-19-11-7-12-20(21)15-19;;/h4-7,9-12,15H,8,13-14,16-17H2,1-3H3;2*1H/q+1;;. The lowest BCUT2D eigenvalue weighted by Crippen LogP contribution is -2.39. The van der Waals surface area contributed by atoms with E-state index < -0.39 is 0 Å². The summed E-state index contributed by atoms with van der Waals surface area (Å²) in [6.07, 6.45) is 1.01. The molecule has 0 fully saturated rings. The third kappa shape index (κ3) is 9.77. The Labute approximate surface area is 175 Å². The molecule has 0 aliphatic carbocycles. The molecule has 0 bridgehead atoms. The van der Waals surface area contributed by atoms with Crippen LogP contribution in [0.1, 0.15) is 17.5 Å². The topological polar surface area (TPSA) is 12.5 Å². The summed E-state index contributed by atoms with van der Waals surface area (Å²) in [5, 5.41) is 0.773. The molecule has 2 aromatic carbocycles. The molecule has 3 nitrogen and oxygen atoms in total. The molecule has 0 aliphatic rings. The van der Waals surface area contributed by atoms with Gasteiger partial charge in [0.25, 0.3) is 0 Å². The van der Waals surface area contributed by atoms with Crippen molar-refractivity contribution in [1.29, 1.82) is 0 Å². The average Bonchev–Trinajstić information content (AvgIpc) is 2.52. The first-order valence-electron chi connectivity index (χ1n) is 8.39. The van der Waals surface area contributed by atoms with Gasteiger partial charge in [-0.05, 0) is 31.2 Å². The van der Waals surface area contributed by atoms with E-state index in [1.54, 1.807) is 0 Å². The quantitative estimate of drug-likeness (QED) is 0.313. The molecule has 6 heteroatoms. The van der Waals surface area contributed by atoms with Gasteiger partial charge in [0.15, 0.2) is 0 Å². The molecule has 2 aromatic rings. The van der Waals surface area contributed by atoms with Crippen LogP contribution in [0.5, 0.6) is 0 Å². The molecule has 0 saturated carbocycles. The van der Waals surface area contributed by atoms with Crippen LogP contribution in [0, 0.1) is 0 Å². The summed E-state index contributed by atoms with van der Waals surface area (Å²) in [6, 6.07) is 18.5. The number of halogens is 3. The first-order valence-corrected chi connectivity index (χ1v) is 8.77. The minimum Gasteiger partial charge on any atom is -0.302 e. The van der Waals surface area contributed by atoms with E-state index in [4.69, 9.17) is 16.4 Å². The molecule has 0 amide bonds. The Balaban J connectivity index is 0.00000312. The molecule has 0 aliphatic heterocycles.